The van der Waals surface area contributed by atoms with Crippen LogP contribution in [-0.4, -0.2) is 27.5 Å². The van der Waals surface area contributed by atoms with E-state index in [0.717, 1.165) is 42.2 Å². The largest absolute Gasteiger partial charge is 0.361 e. The van der Waals surface area contributed by atoms with Gasteiger partial charge in [0.05, 0.1) is 11.7 Å². The van der Waals surface area contributed by atoms with Crippen molar-refractivity contribution in [2.24, 2.45) is 0 Å². The molecule has 1 fully saturated rings. The number of carbonyl (C=O) groups is 1. The zero-order chi connectivity index (χ0) is 15.7. The van der Waals surface area contributed by atoms with E-state index >= 15 is 0 Å². The first-order valence-corrected chi connectivity index (χ1v) is 8.68. The van der Waals surface area contributed by atoms with Gasteiger partial charge in [-0.25, -0.2) is 4.98 Å². The molecule has 0 bridgehead atoms. The molecular formula is C16H21N3O2S. The number of aryl methyl sites for hydroxylation is 3. The minimum atomic E-state index is 0.0353. The Balaban J connectivity index is 1.93. The number of hydrogen-bond donors (Lipinski definition) is 0. The highest BCUT2D eigenvalue weighted by molar-refractivity contribution is 7.09. The second-order valence-electron chi connectivity index (χ2n) is 5.75. The van der Waals surface area contributed by atoms with Gasteiger partial charge in [0.1, 0.15) is 16.3 Å². The summed E-state index contributed by atoms with van der Waals surface area (Å²) >= 11 is 1.64. The number of thiazole rings is 1. The van der Waals surface area contributed by atoms with E-state index < -0.39 is 0 Å². The molecule has 1 amide bonds. The van der Waals surface area contributed by atoms with Gasteiger partial charge in [-0.05, 0) is 39.5 Å². The summed E-state index contributed by atoms with van der Waals surface area (Å²) in [4.78, 5) is 19.6. The Hall–Kier alpha value is -1.69. The van der Waals surface area contributed by atoms with Gasteiger partial charge in [-0.15, -0.1) is 11.3 Å². The summed E-state index contributed by atoms with van der Waals surface area (Å²) in [6.07, 6.45) is 3.85. The third-order valence-corrected chi connectivity index (χ3v) is 5.23. The molecule has 3 rings (SSSR count). The van der Waals surface area contributed by atoms with Crippen LogP contribution in [0.2, 0.25) is 0 Å². The molecule has 0 N–H and O–H groups in total. The highest BCUT2D eigenvalue weighted by atomic mass is 32.1. The highest BCUT2D eigenvalue weighted by Gasteiger charge is 2.33. The van der Waals surface area contributed by atoms with Crippen LogP contribution in [-0.2, 0) is 6.42 Å². The molecule has 6 heteroatoms. The predicted octanol–water partition coefficient (Wildman–Crippen LogP) is 3.68. The first-order chi connectivity index (χ1) is 10.6. The molecule has 118 valence electrons. The zero-order valence-corrected chi connectivity index (χ0v) is 14.1. The van der Waals surface area contributed by atoms with Crippen molar-refractivity contribution < 1.29 is 9.32 Å². The zero-order valence-electron chi connectivity index (χ0n) is 13.3. The number of rotatable bonds is 3. The monoisotopic (exact) mass is 319 g/mol. The van der Waals surface area contributed by atoms with E-state index in [2.05, 4.69) is 15.5 Å². The SMILES string of the molecule is CCc1noc(C)c1C(=O)N1CCCCC1c1nc(C)cs1. The molecule has 2 aromatic heterocycles. The Morgan fingerprint density at radius 1 is 1.45 bits per heavy atom. The molecule has 0 spiro atoms. The second kappa shape index (κ2) is 6.20. The molecule has 0 aliphatic carbocycles. The lowest BCUT2D eigenvalue weighted by molar-refractivity contribution is 0.0608. The van der Waals surface area contributed by atoms with Gasteiger partial charge in [-0.3, -0.25) is 4.79 Å². The van der Waals surface area contributed by atoms with Crippen LogP contribution in [0.4, 0.5) is 0 Å². The van der Waals surface area contributed by atoms with Gasteiger partial charge in [0.25, 0.3) is 5.91 Å². The molecule has 1 aliphatic rings. The lowest BCUT2D eigenvalue weighted by Gasteiger charge is -2.34. The summed E-state index contributed by atoms with van der Waals surface area (Å²) < 4.78 is 5.23. The maximum Gasteiger partial charge on any atom is 0.259 e. The third kappa shape index (κ3) is 2.67. The van der Waals surface area contributed by atoms with Crippen LogP contribution in [0.1, 0.15) is 64.7 Å². The molecule has 0 aromatic carbocycles. The van der Waals surface area contributed by atoms with Crippen molar-refractivity contribution in [2.75, 3.05) is 6.54 Å². The van der Waals surface area contributed by atoms with Crippen LogP contribution in [0.15, 0.2) is 9.90 Å². The van der Waals surface area contributed by atoms with Crippen molar-refractivity contribution in [3.63, 3.8) is 0 Å². The Morgan fingerprint density at radius 2 is 2.27 bits per heavy atom. The number of likely N-dealkylation sites (tertiary alicyclic amines) is 1. The van der Waals surface area contributed by atoms with Crippen LogP contribution < -0.4 is 0 Å². The molecule has 1 unspecified atom stereocenters. The average Bonchev–Trinajstić information content (AvgIpc) is 3.12. The first kappa shape index (κ1) is 15.2. The van der Waals surface area contributed by atoms with Gasteiger partial charge in [-0.1, -0.05) is 12.1 Å². The summed E-state index contributed by atoms with van der Waals surface area (Å²) in [6.45, 7) is 6.57. The lowest BCUT2D eigenvalue weighted by Crippen LogP contribution is -2.39. The summed E-state index contributed by atoms with van der Waals surface area (Å²) in [6, 6.07) is 0.0824. The van der Waals surface area contributed by atoms with Gasteiger partial charge < -0.3 is 9.42 Å². The van der Waals surface area contributed by atoms with E-state index in [1.807, 2.05) is 25.7 Å². The van der Waals surface area contributed by atoms with Crippen molar-refractivity contribution in [3.05, 3.63) is 33.1 Å². The molecule has 2 aromatic rings. The van der Waals surface area contributed by atoms with Crippen molar-refractivity contribution in [3.8, 4) is 0 Å². The van der Waals surface area contributed by atoms with E-state index in [4.69, 9.17) is 4.52 Å². The molecule has 5 nitrogen and oxygen atoms in total. The number of nitrogens with zero attached hydrogens (tertiary/aromatic N) is 3. The molecule has 1 saturated heterocycles. The number of carbonyl (C=O) groups excluding carboxylic acids is 1. The second-order valence-corrected chi connectivity index (χ2v) is 6.64. The smallest absolute Gasteiger partial charge is 0.259 e. The Bertz CT molecular complexity index is 677. The number of hydrogen-bond acceptors (Lipinski definition) is 5. The Morgan fingerprint density at radius 3 is 2.95 bits per heavy atom. The summed E-state index contributed by atoms with van der Waals surface area (Å²) in [5, 5.41) is 7.11. The molecule has 3 heterocycles. The van der Waals surface area contributed by atoms with Crippen molar-refractivity contribution >= 4 is 17.2 Å². The van der Waals surface area contributed by atoms with Crippen LogP contribution in [0.5, 0.6) is 0 Å². The van der Waals surface area contributed by atoms with Crippen molar-refractivity contribution in [1.29, 1.82) is 0 Å². The quantitative estimate of drug-likeness (QED) is 0.866. The standard InChI is InChI=1S/C16H21N3O2S/c1-4-12-14(11(3)21-18-12)16(20)19-8-6-5-7-13(19)15-17-10(2)9-22-15/h9,13H,4-8H2,1-3H3. The van der Waals surface area contributed by atoms with Gasteiger partial charge in [0.2, 0.25) is 0 Å². The Labute approximate surface area is 134 Å². The molecule has 1 aliphatic heterocycles. The van der Waals surface area contributed by atoms with Gasteiger partial charge >= 0.3 is 0 Å². The predicted molar refractivity (Wildman–Crippen MR) is 85.1 cm³/mol. The highest BCUT2D eigenvalue weighted by Crippen LogP contribution is 2.34. The molecule has 1 atom stereocenters. The number of amides is 1. The van der Waals surface area contributed by atoms with E-state index in [1.165, 1.54) is 0 Å². The minimum Gasteiger partial charge on any atom is -0.361 e. The van der Waals surface area contributed by atoms with Gasteiger partial charge in [0, 0.05) is 17.6 Å². The van der Waals surface area contributed by atoms with Gasteiger partial charge in [0.15, 0.2) is 0 Å². The van der Waals surface area contributed by atoms with Crippen LogP contribution in [0.3, 0.4) is 0 Å². The summed E-state index contributed by atoms with van der Waals surface area (Å²) in [5.74, 6) is 0.648. The minimum absolute atomic E-state index is 0.0353. The number of piperidine rings is 1. The van der Waals surface area contributed by atoms with Crippen LogP contribution >= 0.6 is 11.3 Å². The average molecular weight is 319 g/mol. The fraction of sp³-hybridized carbons (Fsp3) is 0.562. The maximum atomic E-state index is 13.1. The lowest BCUT2D eigenvalue weighted by atomic mass is 10.0. The Kier molecular flexibility index (Phi) is 4.29. The summed E-state index contributed by atoms with van der Waals surface area (Å²) in [7, 11) is 0. The topological polar surface area (TPSA) is 59.2 Å². The fourth-order valence-electron chi connectivity index (χ4n) is 3.03. The maximum absolute atomic E-state index is 13.1. The number of aromatic nitrogens is 2. The molecule has 0 saturated carbocycles. The molecule has 0 radical (unpaired) electrons. The van der Waals surface area contributed by atoms with E-state index in [1.54, 1.807) is 11.3 Å². The van der Waals surface area contributed by atoms with Crippen LogP contribution in [0, 0.1) is 13.8 Å². The van der Waals surface area contributed by atoms with E-state index in [-0.39, 0.29) is 11.9 Å². The van der Waals surface area contributed by atoms with Crippen LogP contribution in [0.25, 0.3) is 0 Å². The van der Waals surface area contributed by atoms with Crippen molar-refractivity contribution in [2.45, 2.75) is 52.5 Å². The van der Waals surface area contributed by atoms with Gasteiger partial charge in [-0.2, -0.15) is 0 Å². The fourth-order valence-corrected chi connectivity index (χ4v) is 3.98. The first-order valence-electron chi connectivity index (χ1n) is 7.80. The normalized spacial score (nSPS) is 18.7. The van der Waals surface area contributed by atoms with E-state index in [0.29, 0.717) is 17.7 Å². The summed E-state index contributed by atoms with van der Waals surface area (Å²) in [5.41, 5.74) is 2.41. The van der Waals surface area contributed by atoms with E-state index in [9.17, 15) is 4.79 Å². The van der Waals surface area contributed by atoms with Crippen molar-refractivity contribution in [1.82, 2.24) is 15.0 Å². The molecular weight excluding hydrogens is 298 g/mol. The molecule has 22 heavy (non-hydrogen) atoms. The third-order valence-electron chi connectivity index (χ3n) is 4.17.